The molecule has 0 amide bonds. The first-order chi connectivity index (χ1) is 29.7. The Balaban J connectivity index is 0.974. The molecule has 2 aliphatic carbocycles. The Hall–Kier alpha value is -7.42. The third-order valence-corrected chi connectivity index (χ3v) is 13.0. The SMILES string of the molecule is C1=CCC(N(c2ccc(C3=CC=CC4Oc5ccccc5C34)cc2)c2ccc(-c3cc4ccccc4c4ccccc34)cc2)C(c2ccc3ccc4ccccc4c3c2)=C1. The van der Waals surface area contributed by atoms with Gasteiger partial charge in [-0.1, -0.05) is 170 Å². The van der Waals surface area contributed by atoms with Gasteiger partial charge in [0.15, 0.2) is 0 Å². The predicted molar refractivity (Wildman–Crippen MR) is 253 cm³/mol. The molecule has 0 aromatic heterocycles. The van der Waals surface area contributed by atoms with E-state index in [1.165, 1.54) is 82.1 Å². The Labute approximate surface area is 350 Å². The van der Waals surface area contributed by atoms with Crippen LogP contribution in [0, 0.1) is 0 Å². The van der Waals surface area contributed by atoms with Crippen molar-refractivity contribution in [3.63, 3.8) is 0 Å². The van der Waals surface area contributed by atoms with E-state index in [4.69, 9.17) is 4.74 Å². The average Bonchev–Trinajstić information content (AvgIpc) is 3.71. The number of para-hydroxylation sites is 1. The number of hydrogen-bond acceptors (Lipinski definition) is 2. The summed E-state index contributed by atoms with van der Waals surface area (Å²) in [5.74, 6) is 1.16. The number of nitrogens with zero attached hydrogens (tertiary/aromatic N) is 1. The summed E-state index contributed by atoms with van der Waals surface area (Å²) in [6, 6.07) is 67.2. The van der Waals surface area contributed by atoms with Crippen LogP contribution in [0.1, 0.15) is 29.0 Å². The lowest BCUT2D eigenvalue weighted by atomic mass is 9.81. The highest BCUT2D eigenvalue weighted by atomic mass is 16.5. The number of fused-ring (bicyclic) bond motifs is 9. The van der Waals surface area contributed by atoms with E-state index in [0.29, 0.717) is 0 Å². The highest BCUT2D eigenvalue weighted by Crippen LogP contribution is 2.48. The van der Waals surface area contributed by atoms with Crippen LogP contribution >= 0.6 is 0 Å². The molecule has 1 heterocycles. The van der Waals surface area contributed by atoms with E-state index in [2.05, 4.69) is 223 Å². The van der Waals surface area contributed by atoms with Gasteiger partial charge in [0.1, 0.15) is 11.9 Å². The van der Waals surface area contributed by atoms with Crippen LogP contribution < -0.4 is 9.64 Å². The molecule has 2 nitrogen and oxygen atoms in total. The van der Waals surface area contributed by atoms with Gasteiger partial charge in [0.05, 0.1) is 12.0 Å². The lowest BCUT2D eigenvalue weighted by Crippen LogP contribution is -2.33. The molecule has 1 aliphatic heterocycles. The van der Waals surface area contributed by atoms with Gasteiger partial charge < -0.3 is 9.64 Å². The van der Waals surface area contributed by atoms with Crippen LogP contribution in [0.2, 0.25) is 0 Å². The summed E-state index contributed by atoms with van der Waals surface area (Å²) in [6.07, 6.45) is 14.4. The van der Waals surface area contributed by atoms with Crippen molar-refractivity contribution in [3.05, 3.63) is 235 Å². The molecule has 3 aliphatic rings. The average molecular weight is 768 g/mol. The first-order valence-electron chi connectivity index (χ1n) is 21.1. The van der Waals surface area contributed by atoms with Gasteiger partial charge in [0.2, 0.25) is 0 Å². The number of anilines is 2. The van der Waals surface area contributed by atoms with Crippen molar-refractivity contribution in [1.82, 2.24) is 0 Å². The van der Waals surface area contributed by atoms with Crippen LogP contribution in [0.4, 0.5) is 11.4 Å². The summed E-state index contributed by atoms with van der Waals surface area (Å²) < 4.78 is 6.40. The molecule has 12 rings (SSSR count). The third-order valence-electron chi connectivity index (χ3n) is 13.0. The highest BCUT2D eigenvalue weighted by Gasteiger charge is 2.37. The summed E-state index contributed by atoms with van der Waals surface area (Å²) in [6.45, 7) is 0. The standard InChI is InChI=1S/C58H41NO/c1-3-14-46-38(12-1)24-25-40-26-27-43(37-53(40)46)48-16-7-9-21-55(48)59(44-32-28-39(29-33-44)49-20-11-23-57-58(49)52-19-8-10-22-56(52)60-57)45-34-30-41(31-35-45)54-36-42-13-2-4-15-47(42)50-17-5-6-18-51(50)54/h1-20,22-37,55,57-58H,21H2. The van der Waals surface area contributed by atoms with E-state index in [1.54, 1.807) is 0 Å². The van der Waals surface area contributed by atoms with E-state index in [1.807, 2.05) is 0 Å². The lowest BCUT2D eigenvalue weighted by Gasteiger charge is -2.37. The fraction of sp³-hybridized carbons (Fsp3) is 0.0690. The normalized spacial score (nSPS) is 18.0. The van der Waals surface area contributed by atoms with Crippen LogP contribution in [-0.2, 0) is 0 Å². The molecule has 60 heavy (non-hydrogen) atoms. The zero-order valence-corrected chi connectivity index (χ0v) is 33.1. The topological polar surface area (TPSA) is 12.5 Å². The lowest BCUT2D eigenvalue weighted by molar-refractivity contribution is 0.271. The van der Waals surface area contributed by atoms with E-state index in [9.17, 15) is 0 Å². The Morgan fingerprint density at radius 2 is 1.05 bits per heavy atom. The molecule has 3 atom stereocenters. The Kier molecular flexibility index (Phi) is 8.16. The molecule has 0 fully saturated rings. The summed E-state index contributed by atoms with van der Waals surface area (Å²) >= 11 is 0. The van der Waals surface area contributed by atoms with Crippen molar-refractivity contribution >= 4 is 65.6 Å². The maximum Gasteiger partial charge on any atom is 0.128 e. The van der Waals surface area contributed by atoms with Crippen molar-refractivity contribution in [2.24, 2.45) is 0 Å². The Morgan fingerprint density at radius 3 is 1.85 bits per heavy atom. The predicted octanol–water partition coefficient (Wildman–Crippen LogP) is 15.0. The molecule has 0 bridgehead atoms. The second kappa shape index (κ2) is 14.1. The number of rotatable bonds is 6. The monoisotopic (exact) mass is 767 g/mol. The van der Waals surface area contributed by atoms with Gasteiger partial charge in [0.25, 0.3) is 0 Å². The number of benzene rings is 9. The molecule has 0 N–H and O–H groups in total. The molecular formula is C58H41NO. The summed E-state index contributed by atoms with van der Waals surface area (Å²) in [7, 11) is 0. The largest absolute Gasteiger partial charge is 0.485 e. The maximum absolute atomic E-state index is 6.40. The van der Waals surface area contributed by atoms with Crippen LogP contribution in [0.3, 0.4) is 0 Å². The molecule has 0 saturated heterocycles. The van der Waals surface area contributed by atoms with Crippen LogP contribution in [0.15, 0.2) is 218 Å². The first kappa shape index (κ1) is 34.6. The van der Waals surface area contributed by atoms with Crippen LogP contribution in [-0.4, -0.2) is 12.1 Å². The number of ether oxygens (including phenoxy) is 1. The highest BCUT2D eigenvalue weighted by molar-refractivity contribution is 6.14. The fourth-order valence-corrected chi connectivity index (χ4v) is 10.1. The molecule has 0 radical (unpaired) electrons. The van der Waals surface area contributed by atoms with Crippen molar-refractivity contribution < 1.29 is 4.74 Å². The van der Waals surface area contributed by atoms with Crippen LogP contribution in [0.25, 0.3) is 65.4 Å². The summed E-state index contributed by atoms with van der Waals surface area (Å²) in [4.78, 5) is 2.56. The molecule has 9 aromatic rings. The molecule has 0 spiro atoms. The van der Waals surface area contributed by atoms with Crippen molar-refractivity contribution in [2.75, 3.05) is 4.90 Å². The molecule has 3 unspecified atom stereocenters. The second-order valence-electron chi connectivity index (χ2n) is 16.3. The molecule has 284 valence electrons. The van der Waals surface area contributed by atoms with Gasteiger partial charge in [-0.05, 0) is 131 Å². The van der Waals surface area contributed by atoms with Gasteiger partial charge in [-0.25, -0.2) is 0 Å². The fourth-order valence-electron chi connectivity index (χ4n) is 10.1. The van der Waals surface area contributed by atoms with Crippen molar-refractivity contribution in [3.8, 4) is 16.9 Å². The minimum atomic E-state index is 0.0117. The number of hydrogen-bond donors (Lipinski definition) is 0. The molecular weight excluding hydrogens is 727 g/mol. The van der Waals surface area contributed by atoms with Gasteiger partial charge in [-0.15, -0.1) is 0 Å². The second-order valence-corrected chi connectivity index (χ2v) is 16.3. The van der Waals surface area contributed by atoms with E-state index < -0.39 is 0 Å². The minimum absolute atomic E-state index is 0.0117. The van der Waals surface area contributed by atoms with Gasteiger partial charge in [-0.2, -0.15) is 0 Å². The molecule has 0 saturated carbocycles. The van der Waals surface area contributed by atoms with Crippen molar-refractivity contribution in [2.45, 2.75) is 24.5 Å². The zero-order valence-electron chi connectivity index (χ0n) is 33.1. The zero-order chi connectivity index (χ0) is 39.6. The summed E-state index contributed by atoms with van der Waals surface area (Å²) in [5, 5.41) is 10.2. The van der Waals surface area contributed by atoms with Crippen molar-refractivity contribution in [1.29, 1.82) is 0 Å². The quantitative estimate of drug-likeness (QED) is 0.156. The third kappa shape index (κ3) is 5.71. The van der Waals surface area contributed by atoms with Gasteiger partial charge >= 0.3 is 0 Å². The van der Waals surface area contributed by atoms with E-state index in [0.717, 1.165) is 23.5 Å². The minimum Gasteiger partial charge on any atom is -0.485 e. The Morgan fingerprint density at radius 1 is 0.450 bits per heavy atom. The van der Waals surface area contributed by atoms with E-state index in [-0.39, 0.29) is 18.1 Å². The maximum atomic E-state index is 6.40. The summed E-state index contributed by atoms with van der Waals surface area (Å²) in [5.41, 5.74) is 11.1. The van der Waals surface area contributed by atoms with Gasteiger partial charge in [-0.3, -0.25) is 0 Å². The smallest absolute Gasteiger partial charge is 0.128 e. The molecule has 9 aromatic carbocycles. The van der Waals surface area contributed by atoms with E-state index >= 15 is 0 Å². The van der Waals surface area contributed by atoms with Gasteiger partial charge in [0, 0.05) is 16.9 Å². The first-order valence-corrected chi connectivity index (χ1v) is 21.1. The number of allylic oxidation sites excluding steroid dienone is 4. The Bertz CT molecular complexity index is 3270. The van der Waals surface area contributed by atoms with Crippen LogP contribution in [0.5, 0.6) is 5.75 Å². The molecule has 2 heteroatoms.